The van der Waals surface area contributed by atoms with Gasteiger partial charge < -0.3 is 0 Å². The van der Waals surface area contributed by atoms with E-state index in [2.05, 4.69) is 9.97 Å². The second kappa shape index (κ2) is 4.42. The first-order chi connectivity index (χ1) is 11.4. The van der Waals surface area contributed by atoms with Gasteiger partial charge in [0.1, 0.15) is 22.1 Å². The molecule has 0 saturated heterocycles. The van der Waals surface area contributed by atoms with E-state index in [4.69, 9.17) is 0 Å². The van der Waals surface area contributed by atoms with Crippen LogP contribution in [0.25, 0.3) is 32.8 Å². The molecule has 0 aliphatic heterocycles. The molecular formula is C16H4N2O6. The summed E-state index contributed by atoms with van der Waals surface area (Å²) in [7, 11) is 0. The summed E-state index contributed by atoms with van der Waals surface area (Å²) in [5.41, 5.74) is -6.63. The number of aromatic nitrogens is 2. The maximum atomic E-state index is 12.2. The van der Waals surface area contributed by atoms with E-state index >= 15 is 0 Å². The second-order valence-electron chi connectivity index (χ2n) is 5.15. The van der Waals surface area contributed by atoms with Crippen molar-refractivity contribution < 1.29 is 0 Å². The molecule has 0 saturated carbocycles. The maximum Gasteiger partial charge on any atom is 0.254 e. The van der Waals surface area contributed by atoms with Crippen LogP contribution in [0.3, 0.4) is 0 Å². The summed E-state index contributed by atoms with van der Waals surface area (Å²) in [4.78, 5) is 79.8. The van der Waals surface area contributed by atoms with Crippen LogP contribution in [-0.2, 0) is 0 Å². The largest absolute Gasteiger partial charge is 0.289 e. The van der Waals surface area contributed by atoms with Crippen molar-refractivity contribution in [2.45, 2.75) is 0 Å². The lowest BCUT2D eigenvalue weighted by Gasteiger charge is -2.01. The molecule has 0 radical (unpaired) electrons. The Morgan fingerprint density at radius 3 is 1.50 bits per heavy atom. The van der Waals surface area contributed by atoms with E-state index < -0.39 is 43.5 Å². The van der Waals surface area contributed by atoms with Crippen molar-refractivity contribution in [2.75, 3.05) is 0 Å². The van der Waals surface area contributed by atoms with Crippen LogP contribution >= 0.6 is 0 Å². The molecule has 0 unspecified atom stereocenters. The molecule has 1 aromatic heterocycles. The molecule has 4 aromatic rings. The molecule has 0 spiro atoms. The van der Waals surface area contributed by atoms with E-state index in [-0.39, 0.29) is 21.9 Å². The average Bonchev–Trinajstić information content (AvgIpc) is 2.57. The summed E-state index contributed by atoms with van der Waals surface area (Å²) in [5.74, 6) is 0. The van der Waals surface area contributed by atoms with Crippen LogP contribution in [0.5, 0.6) is 0 Å². The molecule has 8 nitrogen and oxygen atoms in total. The molecule has 4 rings (SSSR count). The van der Waals surface area contributed by atoms with Crippen molar-refractivity contribution in [3.63, 3.8) is 0 Å². The van der Waals surface area contributed by atoms with Crippen LogP contribution in [0.4, 0.5) is 0 Å². The first-order valence-corrected chi connectivity index (χ1v) is 6.69. The summed E-state index contributed by atoms with van der Waals surface area (Å²) in [6.07, 6.45) is 0. The highest BCUT2D eigenvalue weighted by molar-refractivity contribution is 6.05. The first-order valence-electron chi connectivity index (χ1n) is 6.69. The highest BCUT2D eigenvalue weighted by atomic mass is 16.2. The molecule has 3 aromatic carbocycles. The fourth-order valence-electron chi connectivity index (χ4n) is 2.67. The van der Waals surface area contributed by atoms with Gasteiger partial charge in [0.25, 0.3) is 5.43 Å². The van der Waals surface area contributed by atoms with Gasteiger partial charge >= 0.3 is 0 Å². The number of hydrogen-bond acceptors (Lipinski definition) is 8. The minimum atomic E-state index is -1.18. The smallest absolute Gasteiger partial charge is 0.254 e. The van der Waals surface area contributed by atoms with Gasteiger partial charge in [-0.25, -0.2) is 9.97 Å². The summed E-state index contributed by atoms with van der Waals surface area (Å²) < 4.78 is 0. The molecule has 0 fully saturated rings. The Bertz CT molecular complexity index is 1520. The predicted octanol–water partition coefficient (Wildman–Crippen LogP) is -1.59. The fourth-order valence-corrected chi connectivity index (χ4v) is 2.67. The van der Waals surface area contributed by atoms with Crippen LogP contribution in [-0.4, -0.2) is 9.97 Å². The Hall–Kier alpha value is -3.68. The number of hydrogen-bond donors (Lipinski definition) is 0. The summed E-state index contributed by atoms with van der Waals surface area (Å²) in [6.45, 7) is 0. The number of benzene rings is 3. The van der Waals surface area contributed by atoms with E-state index in [1.165, 1.54) is 0 Å². The Balaban J connectivity index is 2.55. The third kappa shape index (κ3) is 1.62. The molecule has 0 aliphatic rings. The lowest BCUT2D eigenvalue weighted by atomic mass is 10.1. The minimum Gasteiger partial charge on any atom is -0.289 e. The van der Waals surface area contributed by atoms with Gasteiger partial charge in [-0.2, -0.15) is 0 Å². The Labute approximate surface area is 129 Å². The molecular weight excluding hydrogens is 316 g/mol. The summed E-state index contributed by atoms with van der Waals surface area (Å²) >= 11 is 0. The highest BCUT2D eigenvalue weighted by Crippen LogP contribution is 2.13. The van der Waals surface area contributed by atoms with E-state index in [1.807, 2.05) is 0 Å². The van der Waals surface area contributed by atoms with Crippen molar-refractivity contribution in [2.24, 2.45) is 0 Å². The van der Waals surface area contributed by atoms with Gasteiger partial charge in [0.05, 0.1) is 10.8 Å². The molecule has 0 aliphatic carbocycles. The van der Waals surface area contributed by atoms with Gasteiger partial charge in [0, 0.05) is 0 Å². The molecule has 114 valence electrons. The summed E-state index contributed by atoms with van der Waals surface area (Å²) in [6, 6.07) is 3.80. The Morgan fingerprint density at radius 1 is 0.458 bits per heavy atom. The lowest BCUT2D eigenvalue weighted by Crippen LogP contribution is -2.31. The van der Waals surface area contributed by atoms with Gasteiger partial charge in [-0.15, -0.1) is 0 Å². The quantitative estimate of drug-likeness (QED) is 0.215. The van der Waals surface area contributed by atoms with Crippen LogP contribution in [0.1, 0.15) is 0 Å². The third-order valence-electron chi connectivity index (χ3n) is 3.76. The van der Waals surface area contributed by atoms with Gasteiger partial charge in [-0.1, -0.05) is 0 Å². The molecule has 24 heavy (non-hydrogen) atoms. The fraction of sp³-hybridized carbons (Fsp3) is 0. The first kappa shape index (κ1) is 13.9. The van der Waals surface area contributed by atoms with Crippen LogP contribution in [0.15, 0.2) is 53.0 Å². The zero-order valence-electron chi connectivity index (χ0n) is 11.7. The van der Waals surface area contributed by atoms with Crippen LogP contribution in [0, 0.1) is 0 Å². The lowest BCUT2D eigenvalue weighted by molar-refractivity contribution is 1.34. The Morgan fingerprint density at radius 2 is 0.917 bits per heavy atom. The third-order valence-corrected chi connectivity index (χ3v) is 3.76. The van der Waals surface area contributed by atoms with Gasteiger partial charge in [-0.3, -0.25) is 28.8 Å². The number of fused-ring (bicyclic) bond motifs is 4. The van der Waals surface area contributed by atoms with Gasteiger partial charge in [0.2, 0.25) is 16.3 Å². The number of nitrogens with zero attached hydrogens (tertiary/aromatic N) is 2. The van der Waals surface area contributed by atoms with Crippen molar-refractivity contribution in [3.8, 4) is 0 Å². The predicted molar refractivity (Wildman–Crippen MR) is 85.7 cm³/mol. The van der Waals surface area contributed by atoms with Gasteiger partial charge in [-0.05, 0) is 24.3 Å². The SMILES string of the molecule is O=c1ccc(=O)c2nc3c(nc12)c(=O)c(=O)c1c(=O)ccc(=O)c13. The topological polar surface area (TPSA) is 128 Å². The number of rotatable bonds is 0. The average molecular weight is 320 g/mol. The van der Waals surface area contributed by atoms with E-state index in [9.17, 15) is 28.8 Å². The Kier molecular flexibility index (Phi) is 2.57. The minimum absolute atomic E-state index is 0.326. The van der Waals surface area contributed by atoms with E-state index in [1.54, 1.807) is 0 Å². The normalized spacial score (nSPS) is 11.5. The molecule has 0 bridgehead atoms. The van der Waals surface area contributed by atoms with Crippen molar-refractivity contribution >= 4 is 32.8 Å². The van der Waals surface area contributed by atoms with Crippen molar-refractivity contribution in [3.05, 3.63) is 85.6 Å². The molecule has 1 heterocycles. The molecule has 0 N–H and O–H groups in total. The monoisotopic (exact) mass is 320 g/mol. The molecule has 8 heteroatoms. The van der Waals surface area contributed by atoms with Crippen molar-refractivity contribution in [1.82, 2.24) is 9.97 Å². The van der Waals surface area contributed by atoms with Gasteiger partial charge in [0.15, 0.2) is 10.9 Å². The van der Waals surface area contributed by atoms with E-state index in [0.29, 0.717) is 0 Å². The van der Waals surface area contributed by atoms with Crippen LogP contribution in [0.2, 0.25) is 0 Å². The standard InChI is InChI=1S/C16H4N2O6/c19-5-1-2-6(20)10-9(5)13-14(16(24)15(10)23)18-12-8(22)4-3-7(21)11(12)17-13/h1-4H. The van der Waals surface area contributed by atoms with Crippen LogP contribution < -0.4 is 32.6 Å². The highest BCUT2D eigenvalue weighted by Gasteiger charge is 2.19. The van der Waals surface area contributed by atoms with E-state index in [0.717, 1.165) is 24.3 Å². The zero-order chi connectivity index (χ0) is 17.2. The maximum absolute atomic E-state index is 12.2. The molecule has 0 atom stereocenters. The second-order valence-corrected chi connectivity index (χ2v) is 5.15. The van der Waals surface area contributed by atoms with Crippen molar-refractivity contribution in [1.29, 1.82) is 0 Å². The zero-order valence-corrected chi connectivity index (χ0v) is 11.7. The summed E-state index contributed by atoms with van der Waals surface area (Å²) in [5, 5.41) is -0.952. The molecule has 0 amide bonds.